The minimum atomic E-state index is -0.225. The lowest BCUT2D eigenvalue weighted by Crippen LogP contribution is -2.26. The van der Waals surface area contributed by atoms with Crippen LogP contribution in [-0.4, -0.2) is 39.9 Å². The molecular weight excluding hydrogens is 326 g/mol. The maximum Gasteiger partial charge on any atom is 0.335 e. The summed E-state index contributed by atoms with van der Waals surface area (Å²) in [5.74, 6) is 0.691. The van der Waals surface area contributed by atoms with Crippen LogP contribution in [0.1, 0.15) is 26.7 Å². The largest absolute Gasteiger partial charge is 0.488 e. The summed E-state index contributed by atoms with van der Waals surface area (Å²) < 4.78 is 14.4. The highest BCUT2D eigenvalue weighted by atomic mass is 32.2. The van der Waals surface area contributed by atoms with Crippen molar-refractivity contribution in [3.05, 3.63) is 28.7 Å². The number of para-hydroxylation sites is 1. The lowest BCUT2D eigenvalue weighted by atomic mass is 10.1. The van der Waals surface area contributed by atoms with E-state index in [2.05, 4.69) is 0 Å². The van der Waals surface area contributed by atoms with Crippen molar-refractivity contribution in [3.63, 3.8) is 0 Å². The van der Waals surface area contributed by atoms with E-state index in [1.807, 2.05) is 32.0 Å². The molecule has 0 radical (unpaired) electrons. The van der Waals surface area contributed by atoms with Crippen LogP contribution in [0.4, 0.5) is 0 Å². The molecule has 24 heavy (non-hydrogen) atoms. The highest BCUT2D eigenvalue weighted by Gasteiger charge is 2.20. The second-order valence-electron chi connectivity index (χ2n) is 5.24. The Morgan fingerprint density at radius 1 is 1.33 bits per heavy atom. The van der Waals surface area contributed by atoms with Gasteiger partial charge in [-0.05, 0) is 18.4 Å². The summed E-state index contributed by atoms with van der Waals surface area (Å²) >= 11 is 1.24. The van der Waals surface area contributed by atoms with Gasteiger partial charge in [0.05, 0.1) is 18.7 Å². The zero-order chi connectivity index (χ0) is 17.7. The molecule has 0 unspecified atom stereocenters. The van der Waals surface area contributed by atoms with Crippen LogP contribution in [0.25, 0.3) is 11.0 Å². The number of ether oxygens (including phenoxy) is 2. The van der Waals surface area contributed by atoms with E-state index in [1.54, 1.807) is 17.9 Å². The molecule has 3 rings (SSSR count). The number of aromatic nitrogens is 2. The molecule has 1 aromatic heterocycles. The van der Waals surface area contributed by atoms with Crippen molar-refractivity contribution in [2.45, 2.75) is 32.8 Å². The molecule has 6 nitrogen and oxygen atoms in total. The molecule has 2 aromatic rings. The number of imidazole rings is 1. The molecule has 0 aliphatic carbocycles. The second-order valence-corrected chi connectivity index (χ2v) is 6.03. The van der Waals surface area contributed by atoms with Gasteiger partial charge in [-0.15, -0.1) is 0 Å². The van der Waals surface area contributed by atoms with Crippen LogP contribution < -0.4 is 10.4 Å². The van der Waals surface area contributed by atoms with Gasteiger partial charge in [-0.3, -0.25) is 9.98 Å². The van der Waals surface area contributed by atoms with Gasteiger partial charge in [0, 0.05) is 19.9 Å². The van der Waals surface area contributed by atoms with Crippen LogP contribution in [0, 0.1) is 5.41 Å². The minimum absolute atomic E-state index is 0.109. The summed E-state index contributed by atoms with van der Waals surface area (Å²) in [6.45, 7) is 5.41. The standard InChI is InChI=1S/C15H19N3O3S.C2H6/c1-17-13-11(18(15(17)19)14(16)22-2)4-3-5-12(13)21-10-6-8-20-9-7-10;1-2/h3-5,10,16H,6-9H2,1-2H3;1-2H3. The summed E-state index contributed by atoms with van der Waals surface area (Å²) in [7, 11) is 1.71. The molecule has 0 spiro atoms. The molecule has 1 N–H and O–H groups in total. The molecule has 0 saturated carbocycles. The first-order valence-corrected chi connectivity index (χ1v) is 9.43. The molecule has 0 bridgehead atoms. The van der Waals surface area contributed by atoms with E-state index in [0.29, 0.717) is 24.5 Å². The molecule has 1 saturated heterocycles. The molecule has 2 heterocycles. The molecule has 0 amide bonds. The van der Waals surface area contributed by atoms with Crippen LogP contribution in [0.5, 0.6) is 5.75 Å². The van der Waals surface area contributed by atoms with Crippen molar-refractivity contribution in [3.8, 4) is 5.75 Å². The van der Waals surface area contributed by atoms with Gasteiger partial charge in [0.2, 0.25) is 0 Å². The van der Waals surface area contributed by atoms with E-state index in [0.717, 1.165) is 18.4 Å². The summed E-state index contributed by atoms with van der Waals surface area (Å²) in [6, 6.07) is 5.59. The smallest absolute Gasteiger partial charge is 0.335 e. The second kappa shape index (κ2) is 8.39. The van der Waals surface area contributed by atoms with Crippen molar-refractivity contribution in [1.82, 2.24) is 9.13 Å². The lowest BCUT2D eigenvalue weighted by Gasteiger charge is -2.23. The summed E-state index contributed by atoms with van der Waals surface area (Å²) in [5, 5.41) is 8.20. The number of benzene rings is 1. The average Bonchev–Trinajstić information content (AvgIpc) is 2.89. The predicted octanol–water partition coefficient (Wildman–Crippen LogP) is 3.07. The van der Waals surface area contributed by atoms with Crippen LogP contribution >= 0.6 is 11.8 Å². The Labute approximate surface area is 146 Å². The van der Waals surface area contributed by atoms with Gasteiger partial charge in [0.25, 0.3) is 0 Å². The van der Waals surface area contributed by atoms with Crippen LogP contribution in [0.15, 0.2) is 23.0 Å². The number of rotatable bonds is 2. The predicted molar refractivity (Wildman–Crippen MR) is 99.6 cm³/mol. The van der Waals surface area contributed by atoms with Gasteiger partial charge >= 0.3 is 5.69 Å². The number of fused-ring (bicyclic) bond motifs is 1. The van der Waals surface area contributed by atoms with Gasteiger partial charge in [0.15, 0.2) is 5.17 Å². The normalized spacial score (nSPS) is 15.0. The van der Waals surface area contributed by atoms with Gasteiger partial charge in [0.1, 0.15) is 17.4 Å². The molecule has 7 heteroatoms. The van der Waals surface area contributed by atoms with E-state index >= 15 is 0 Å². The average molecular weight is 351 g/mol. The maximum absolute atomic E-state index is 12.4. The van der Waals surface area contributed by atoms with E-state index in [9.17, 15) is 4.79 Å². The van der Waals surface area contributed by atoms with Gasteiger partial charge in [-0.1, -0.05) is 31.7 Å². The highest BCUT2D eigenvalue weighted by molar-refractivity contribution is 8.13. The van der Waals surface area contributed by atoms with Crippen molar-refractivity contribution >= 4 is 28.0 Å². The topological polar surface area (TPSA) is 69.2 Å². The van der Waals surface area contributed by atoms with Crippen molar-refractivity contribution in [2.75, 3.05) is 19.5 Å². The molecular formula is C17H25N3O3S. The monoisotopic (exact) mass is 351 g/mol. The lowest BCUT2D eigenvalue weighted by molar-refractivity contribution is 0.0260. The Hall–Kier alpha value is -1.73. The Kier molecular flexibility index (Phi) is 6.51. The quantitative estimate of drug-likeness (QED) is 0.667. The number of nitrogens with one attached hydrogen (secondary N) is 1. The zero-order valence-electron chi connectivity index (χ0n) is 14.7. The fraction of sp³-hybridized carbons (Fsp3) is 0.529. The number of thioether (sulfide) groups is 1. The number of nitrogens with zero attached hydrogens (tertiary/aromatic N) is 2. The number of hydrogen-bond donors (Lipinski definition) is 1. The van der Waals surface area contributed by atoms with E-state index < -0.39 is 0 Å². The highest BCUT2D eigenvalue weighted by Crippen LogP contribution is 2.27. The minimum Gasteiger partial charge on any atom is -0.488 e. The molecule has 132 valence electrons. The molecule has 1 aliphatic heterocycles. The first kappa shape index (κ1) is 18.6. The van der Waals surface area contributed by atoms with Crippen molar-refractivity contribution in [1.29, 1.82) is 5.41 Å². The van der Waals surface area contributed by atoms with Gasteiger partial charge in [-0.25, -0.2) is 9.36 Å². The summed E-state index contributed by atoms with van der Waals surface area (Å²) in [5.41, 5.74) is 1.21. The third-order valence-electron chi connectivity index (χ3n) is 3.89. The Balaban J connectivity index is 0.00000100. The van der Waals surface area contributed by atoms with Crippen LogP contribution in [0.3, 0.4) is 0 Å². The summed E-state index contributed by atoms with van der Waals surface area (Å²) in [4.78, 5) is 12.4. The number of hydrogen-bond acceptors (Lipinski definition) is 5. The number of aryl methyl sites for hydroxylation is 1. The first-order chi connectivity index (χ1) is 11.6. The Morgan fingerprint density at radius 3 is 2.62 bits per heavy atom. The van der Waals surface area contributed by atoms with Crippen LogP contribution in [-0.2, 0) is 11.8 Å². The van der Waals surface area contributed by atoms with Crippen LogP contribution in [0.2, 0.25) is 0 Å². The summed E-state index contributed by atoms with van der Waals surface area (Å²) in [6.07, 6.45) is 3.60. The third kappa shape index (κ3) is 3.52. The fourth-order valence-electron chi connectivity index (χ4n) is 2.73. The Morgan fingerprint density at radius 2 is 2.00 bits per heavy atom. The first-order valence-electron chi connectivity index (χ1n) is 8.21. The van der Waals surface area contributed by atoms with E-state index in [1.165, 1.54) is 16.3 Å². The molecule has 1 aliphatic rings. The van der Waals surface area contributed by atoms with E-state index in [-0.39, 0.29) is 17.0 Å². The van der Waals surface area contributed by atoms with Crippen molar-refractivity contribution < 1.29 is 9.47 Å². The fourth-order valence-corrected chi connectivity index (χ4v) is 3.09. The zero-order valence-corrected chi connectivity index (χ0v) is 15.5. The molecule has 1 aromatic carbocycles. The maximum atomic E-state index is 12.4. The van der Waals surface area contributed by atoms with Crippen molar-refractivity contribution in [2.24, 2.45) is 7.05 Å². The Bertz CT molecular complexity index is 760. The SMILES string of the molecule is CC.CSC(=N)n1c(=O)n(C)c2c(OC3CCOCC3)cccc21. The van der Waals surface area contributed by atoms with E-state index in [4.69, 9.17) is 14.9 Å². The van der Waals surface area contributed by atoms with Gasteiger partial charge in [-0.2, -0.15) is 0 Å². The van der Waals surface area contributed by atoms with Gasteiger partial charge < -0.3 is 9.47 Å². The molecule has 0 atom stereocenters. The third-order valence-corrected chi connectivity index (χ3v) is 4.46. The molecule has 1 fully saturated rings.